The second-order valence-electron chi connectivity index (χ2n) is 18.6. The highest BCUT2D eigenvalue weighted by Crippen LogP contribution is 2.47. The van der Waals surface area contributed by atoms with Crippen LogP contribution < -0.4 is 34.9 Å². The zero-order valence-corrected chi connectivity index (χ0v) is 42.6. The van der Waals surface area contributed by atoms with Gasteiger partial charge in [-0.1, -0.05) is 95.9 Å². The van der Waals surface area contributed by atoms with Crippen molar-refractivity contribution in [1.82, 2.24) is 30.7 Å². The van der Waals surface area contributed by atoms with E-state index in [0.29, 0.717) is 13.1 Å². The van der Waals surface area contributed by atoms with Crippen molar-refractivity contribution in [2.24, 2.45) is 0 Å². The Morgan fingerprint density at radius 3 is 1.41 bits per heavy atom. The van der Waals surface area contributed by atoms with Crippen LogP contribution >= 0.6 is 12.4 Å². The molecule has 9 rings (SSSR count). The summed E-state index contributed by atoms with van der Waals surface area (Å²) >= 11 is 0. The molecule has 2 atom stereocenters. The van der Waals surface area contributed by atoms with Crippen LogP contribution in [0.5, 0.6) is 23.0 Å². The fourth-order valence-electron chi connectivity index (χ4n) is 10.5. The molecule has 3 N–H and O–H groups in total. The van der Waals surface area contributed by atoms with E-state index in [0.717, 1.165) is 115 Å². The van der Waals surface area contributed by atoms with Crippen molar-refractivity contribution in [1.29, 1.82) is 0 Å². The van der Waals surface area contributed by atoms with Crippen LogP contribution in [-0.2, 0) is 19.6 Å². The highest BCUT2D eigenvalue weighted by molar-refractivity contribution is 5.85. The van der Waals surface area contributed by atoms with Crippen LogP contribution in [0.1, 0.15) is 131 Å². The number of nitrogens with one attached hydrogen (secondary N) is 3. The quantitative estimate of drug-likeness (QED) is 0.224. The number of urea groups is 2. The Balaban J connectivity index is 0.000000226. The Kier molecular flexibility index (Phi) is 17.9. The normalized spacial score (nSPS) is 20.7. The number of allylic oxidation sites excluding steroid dienone is 2. The number of benzene rings is 3. The fraction of sp³-hybridized carbons (Fsp3) is 0.547. The minimum atomic E-state index is -0.302. The second kappa shape index (κ2) is 22.7. The summed E-state index contributed by atoms with van der Waals surface area (Å²) in [6.45, 7) is 23.0. The maximum Gasteiger partial charge on any atom is 0.322 e. The van der Waals surface area contributed by atoms with Crippen molar-refractivity contribution >= 4 is 24.5 Å². The van der Waals surface area contributed by atoms with Crippen molar-refractivity contribution in [3.8, 4) is 23.0 Å². The lowest BCUT2D eigenvalue weighted by molar-refractivity contribution is 0.160. The van der Waals surface area contributed by atoms with Gasteiger partial charge in [0, 0.05) is 66.1 Å². The van der Waals surface area contributed by atoms with Crippen LogP contribution in [0.4, 0.5) is 9.59 Å². The van der Waals surface area contributed by atoms with Gasteiger partial charge < -0.3 is 34.9 Å². The zero-order valence-electron chi connectivity index (χ0n) is 41.7. The molecule has 6 heterocycles. The first kappa shape index (κ1) is 52.1. The standard InChI is InChI=1S/C28H35N3O3.C19H25N3O3.2C3H8.ClH/c1-18-10-19(2)12-21(11-18)16-30-8-6-28(7-9-30)25-13-20(3)26-22(17-31(25)27(32)29-28)14-23(33-4)15-24(26)34-5;1-12-8-16-19(4-6-20-7-5-19)21-18(23)22(16)11-13-9-14(24-2)10-15(25-3)17(12)13;2*1-3-2;/h10-15,20H,6-9,16-17H2,1-5H3,(H,29,32);8-10,12,20H,4-7,11H2,1-3H3,(H,21,23);2*3H2,1-2H3;1H/t20-;12-;;;/m11.../s1. The van der Waals surface area contributed by atoms with Crippen molar-refractivity contribution in [3.63, 3.8) is 0 Å². The van der Waals surface area contributed by atoms with Crippen LogP contribution in [-0.4, -0.2) is 92.5 Å². The molecular weight excluding hydrogens is 852 g/mol. The lowest BCUT2D eigenvalue weighted by Crippen LogP contribution is -2.51. The monoisotopic (exact) mass is 929 g/mol. The molecule has 12 nitrogen and oxygen atoms in total. The average Bonchev–Trinajstić information content (AvgIpc) is 3.49. The molecule has 2 spiro atoms. The molecule has 0 aliphatic carbocycles. The summed E-state index contributed by atoms with van der Waals surface area (Å²) in [4.78, 5) is 32.3. The third-order valence-corrected chi connectivity index (χ3v) is 13.3. The Bertz CT molecular complexity index is 2210. The molecule has 362 valence electrons. The number of fused-ring (bicyclic) bond motifs is 6. The van der Waals surface area contributed by atoms with Gasteiger partial charge in [0.25, 0.3) is 0 Å². The summed E-state index contributed by atoms with van der Waals surface area (Å²) < 4.78 is 22.3. The highest BCUT2D eigenvalue weighted by atomic mass is 35.5. The number of piperidine rings is 2. The molecule has 3 aromatic rings. The Morgan fingerprint density at radius 1 is 0.606 bits per heavy atom. The first-order chi connectivity index (χ1) is 31.2. The van der Waals surface area contributed by atoms with Gasteiger partial charge in [-0.2, -0.15) is 0 Å². The Hall–Kier alpha value is -4.91. The number of hydrogen-bond acceptors (Lipinski definition) is 8. The van der Waals surface area contributed by atoms with Crippen LogP contribution in [0, 0.1) is 13.8 Å². The van der Waals surface area contributed by atoms with Crippen molar-refractivity contribution in [2.75, 3.05) is 54.6 Å². The molecule has 0 unspecified atom stereocenters. The Labute approximate surface area is 401 Å². The number of hydrogen-bond donors (Lipinski definition) is 3. The second-order valence-corrected chi connectivity index (χ2v) is 18.6. The zero-order chi connectivity index (χ0) is 47.1. The number of nitrogens with zero attached hydrogens (tertiary/aromatic N) is 3. The van der Waals surface area contributed by atoms with Crippen LogP contribution in [0.3, 0.4) is 0 Å². The SMILES string of the molecule is CCC.CCC.COc1cc2c(c(OC)c1)[C@H](C)C=C1N(C2)C(=O)NC12CCN(Cc1cc(C)cc(C)c1)CC2.COc1cc2c(c(OC)c1)[C@H](C)C=C1N(C2)C(=O)NC12CCNCC2.Cl. The van der Waals surface area contributed by atoms with E-state index in [9.17, 15) is 9.59 Å². The van der Waals surface area contributed by atoms with Crippen LogP contribution in [0.15, 0.2) is 66.0 Å². The van der Waals surface area contributed by atoms with E-state index in [1.807, 2.05) is 34.1 Å². The molecule has 4 fully saturated rings. The molecule has 4 saturated heterocycles. The lowest BCUT2D eigenvalue weighted by Gasteiger charge is -2.40. The summed E-state index contributed by atoms with van der Waals surface area (Å²) in [7, 11) is 6.69. The summed E-state index contributed by atoms with van der Waals surface area (Å²) in [6.07, 6.45) is 10.7. The van der Waals surface area contributed by atoms with Gasteiger partial charge in [0.15, 0.2) is 0 Å². The third-order valence-electron chi connectivity index (χ3n) is 13.3. The molecule has 13 heteroatoms. The lowest BCUT2D eigenvalue weighted by atomic mass is 9.83. The first-order valence-corrected chi connectivity index (χ1v) is 23.9. The molecule has 0 aromatic heterocycles. The number of methoxy groups -OCH3 is 4. The number of carbonyl (C=O) groups excluding carboxylic acids is 2. The number of carbonyl (C=O) groups is 2. The number of aryl methyl sites for hydroxylation is 2. The molecular formula is C53H77ClN6O6. The summed E-state index contributed by atoms with van der Waals surface area (Å²) in [5.74, 6) is 3.43. The van der Waals surface area contributed by atoms with Gasteiger partial charge in [-0.25, -0.2) is 9.59 Å². The maximum absolute atomic E-state index is 13.2. The largest absolute Gasteiger partial charge is 0.497 e. The number of likely N-dealkylation sites (tertiary alicyclic amines) is 1. The van der Waals surface area contributed by atoms with E-state index in [4.69, 9.17) is 18.9 Å². The predicted molar refractivity (Wildman–Crippen MR) is 267 cm³/mol. The highest BCUT2D eigenvalue weighted by Gasteiger charge is 2.51. The smallest absolute Gasteiger partial charge is 0.322 e. The number of amides is 4. The van der Waals surface area contributed by atoms with Gasteiger partial charge in [0.2, 0.25) is 0 Å². The number of halogens is 1. The van der Waals surface area contributed by atoms with E-state index in [-0.39, 0.29) is 47.4 Å². The van der Waals surface area contributed by atoms with Gasteiger partial charge >= 0.3 is 12.1 Å². The molecule has 0 radical (unpaired) electrons. The molecule has 0 bridgehead atoms. The maximum atomic E-state index is 13.2. The topological polar surface area (TPSA) is 117 Å². The minimum Gasteiger partial charge on any atom is -0.497 e. The third kappa shape index (κ3) is 10.9. The molecule has 6 aliphatic heterocycles. The van der Waals surface area contributed by atoms with Crippen molar-refractivity contribution in [3.05, 3.63) is 105 Å². The number of ether oxygens (including phenoxy) is 4. The minimum absolute atomic E-state index is 0. The van der Waals surface area contributed by atoms with Crippen LogP contribution in [0.25, 0.3) is 0 Å². The predicted octanol–water partition coefficient (Wildman–Crippen LogP) is 10.5. The molecule has 0 saturated carbocycles. The van der Waals surface area contributed by atoms with Gasteiger partial charge in [-0.3, -0.25) is 14.7 Å². The van der Waals surface area contributed by atoms with Gasteiger partial charge in [-0.15, -0.1) is 12.4 Å². The fourth-order valence-corrected chi connectivity index (χ4v) is 10.5. The van der Waals surface area contributed by atoms with E-state index < -0.39 is 0 Å². The average molecular weight is 930 g/mol. The summed E-state index contributed by atoms with van der Waals surface area (Å²) in [6, 6.07) is 14.7. The number of rotatable bonds is 6. The molecule has 3 aromatic carbocycles. The van der Waals surface area contributed by atoms with E-state index in [1.165, 1.54) is 29.5 Å². The molecule has 4 amide bonds. The van der Waals surface area contributed by atoms with Gasteiger partial charge in [0.05, 0.1) is 52.6 Å². The first-order valence-electron chi connectivity index (χ1n) is 23.9. The molecule has 66 heavy (non-hydrogen) atoms. The summed E-state index contributed by atoms with van der Waals surface area (Å²) in [5, 5.41) is 10.0. The van der Waals surface area contributed by atoms with Crippen LogP contribution in [0.2, 0.25) is 0 Å². The van der Waals surface area contributed by atoms with Gasteiger partial charge in [0.1, 0.15) is 23.0 Å². The van der Waals surface area contributed by atoms with E-state index >= 15 is 0 Å². The van der Waals surface area contributed by atoms with Gasteiger partial charge in [-0.05, 0) is 81.4 Å². The Morgan fingerprint density at radius 2 is 1.02 bits per heavy atom. The van der Waals surface area contributed by atoms with Crippen molar-refractivity contribution in [2.45, 2.75) is 136 Å². The summed E-state index contributed by atoms with van der Waals surface area (Å²) in [5.41, 5.74) is 10.1. The van der Waals surface area contributed by atoms with E-state index in [1.54, 1.807) is 28.4 Å². The van der Waals surface area contributed by atoms with E-state index in [2.05, 4.69) is 107 Å². The molecule has 6 aliphatic rings. The van der Waals surface area contributed by atoms with Crippen molar-refractivity contribution < 1.29 is 28.5 Å².